The zero-order chi connectivity index (χ0) is 27.3. The Bertz CT molecular complexity index is 1730. The molecule has 0 atom stereocenters. The quantitative estimate of drug-likeness (QED) is 0.172. The molecule has 1 aliphatic heterocycles. The lowest BCUT2D eigenvalue weighted by atomic mass is 9.98. The van der Waals surface area contributed by atoms with Gasteiger partial charge in [-0.1, -0.05) is 6.07 Å². The molecule has 11 heteroatoms. The number of alkyl halides is 3. The highest BCUT2D eigenvalue weighted by Crippen LogP contribution is 2.42. The monoisotopic (exact) mass is 535 g/mol. The van der Waals surface area contributed by atoms with Crippen molar-refractivity contribution in [3.63, 3.8) is 0 Å². The highest BCUT2D eigenvalue weighted by molar-refractivity contribution is 5.95. The van der Waals surface area contributed by atoms with E-state index >= 15 is 0 Å². The molecule has 0 bridgehead atoms. The van der Waals surface area contributed by atoms with Crippen molar-refractivity contribution >= 4 is 16.7 Å². The summed E-state index contributed by atoms with van der Waals surface area (Å²) >= 11 is 0. The summed E-state index contributed by atoms with van der Waals surface area (Å²) < 4.78 is 64.5. The summed E-state index contributed by atoms with van der Waals surface area (Å²) in [7, 11) is 1.49. The van der Waals surface area contributed by atoms with Gasteiger partial charge in [0.25, 0.3) is 0 Å². The molecule has 7 nitrogen and oxygen atoms in total. The minimum atomic E-state index is -4.84. The summed E-state index contributed by atoms with van der Waals surface area (Å²) in [6.45, 7) is 0. The Balaban J connectivity index is 1.74. The fraction of sp³-hybridized carbons (Fsp3) is 0.179. The Morgan fingerprint density at radius 1 is 1.08 bits per heavy atom. The summed E-state index contributed by atoms with van der Waals surface area (Å²) in [4.78, 5) is 13.9. The van der Waals surface area contributed by atoms with E-state index in [-0.39, 0.29) is 6.04 Å². The van der Waals surface area contributed by atoms with E-state index in [1.165, 1.54) is 49.6 Å². The first kappa shape index (κ1) is 24.7. The molecule has 2 heterocycles. The molecule has 2 aliphatic carbocycles. The third kappa shape index (κ3) is 4.60. The molecule has 39 heavy (non-hydrogen) atoms. The van der Waals surface area contributed by atoms with Crippen LogP contribution in [0.1, 0.15) is 12.8 Å². The highest BCUT2D eigenvalue weighted by atomic mass is 19.4. The number of rotatable bonds is 5. The Kier molecular flexibility index (Phi) is 5.86. The number of nitrogens with zero attached hydrogens (tertiary/aromatic N) is 4. The molecule has 0 unspecified atom stereocenters. The maximum absolute atomic E-state index is 14.5. The van der Waals surface area contributed by atoms with E-state index < -0.39 is 17.9 Å². The molecule has 6 rings (SSSR count). The molecule has 0 spiro atoms. The number of aromatic nitrogens is 3. The fourth-order valence-electron chi connectivity index (χ4n) is 4.61. The third-order valence-electron chi connectivity index (χ3n) is 6.39. The lowest BCUT2D eigenvalue weighted by Gasteiger charge is -2.24. The van der Waals surface area contributed by atoms with Crippen LogP contribution in [0.3, 0.4) is 0 Å². The predicted molar refractivity (Wildman–Crippen MR) is 137 cm³/mol. The number of anilines is 1. The maximum atomic E-state index is 14.5. The Labute approximate surface area is 219 Å². The number of methoxy groups -OCH3 is 1. The maximum Gasteiger partial charge on any atom is 0.573 e. The summed E-state index contributed by atoms with van der Waals surface area (Å²) in [5, 5.41) is 0.501. The molecule has 0 radical (unpaired) electrons. The molecule has 0 amide bonds. The van der Waals surface area contributed by atoms with Crippen LogP contribution in [0.5, 0.6) is 11.5 Å². The number of ether oxygens (including phenoxy) is 2. The van der Waals surface area contributed by atoms with E-state index in [0.717, 1.165) is 18.4 Å². The second-order valence-corrected chi connectivity index (χ2v) is 9.09. The van der Waals surface area contributed by atoms with Crippen LogP contribution in [0.4, 0.5) is 23.2 Å². The van der Waals surface area contributed by atoms with Gasteiger partial charge in [-0.15, -0.1) is 13.2 Å². The Morgan fingerprint density at radius 3 is 2.49 bits per heavy atom. The molecule has 3 aromatic rings. The van der Waals surface area contributed by atoms with Crippen LogP contribution in [-0.4, -0.2) is 34.0 Å². The van der Waals surface area contributed by atoms with Crippen molar-refractivity contribution in [2.75, 3.05) is 12.8 Å². The lowest BCUT2D eigenvalue weighted by molar-refractivity contribution is -0.274. The Hall–Kier alpha value is -4.67. The lowest BCUT2D eigenvalue weighted by Crippen LogP contribution is -2.21. The first-order valence-electron chi connectivity index (χ1n) is 12.1. The van der Waals surface area contributed by atoms with Crippen LogP contribution in [0.2, 0.25) is 0 Å². The van der Waals surface area contributed by atoms with E-state index in [1.54, 1.807) is 23.0 Å². The largest absolute Gasteiger partial charge is 0.573 e. The number of benzene rings is 3. The van der Waals surface area contributed by atoms with Gasteiger partial charge in [0.1, 0.15) is 28.3 Å². The summed E-state index contributed by atoms with van der Waals surface area (Å²) in [6.07, 6.45) is 0.307. The van der Waals surface area contributed by atoms with Gasteiger partial charge < -0.3 is 19.8 Å². The number of hydrogen-bond donors (Lipinski definition) is 1. The van der Waals surface area contributed by atoms with E-state index in [4.69, 9.17) is 20.4 Å². The van der Waals surface area contributed by atoms with E-state index in [9.17, 15) is 17.6 Å². The fourth-order valence-corrected chi connectivity index (χ4v) is 4.61. The van der Waals surface area contributed by atoms with Crippen LogP contribution in [0.15, 0.2) is 72.0 Å². The normalized spacial score (nSPS) is 14.2. The van der Waals surface area contributed by atoms with E-state index in [0.29, 0.717) is 50.5 Å². The van der Waals surface area contributed by atoms with Gasteiger partial charge >= 0.3 is 6.36 Å². The smallest absolute Gasteiger partial charge is 0.492 e. The topological polar surface area (TPSA) is 87.5 Å². The van der Waals surface area contributed by atoms with Gasteiger partial charge in [0, 0.05) is 35.3 Å². The number of nitrogen functional groups attached to an aromatic ring is 1. The predicted octanol–water partition coefficient (Wildman–Crippen LogP) is 5.88. The van der Waals surface area contributed by atoms with Crippen molar-refractivity contribution < 1.29 is 27.0 Å². The van der Waals surface area contributed by atoms with Crippen LogP contribution in [-0.2, 0) is 0 Å². The standard InChI is InChI=1S/C28H21F4N5O2/c1-38-27-24(35-17-5-6-17)22(15-3-2-12-34-14-15)23(33)25-26(27)37(21-13-16(29)4-11-20(21)36-25)18-7-9-19(10-8-18)39-28(30,31)32/h2-4,7-14,17H,5-6,33H2,1H3. The van der Waals surface area contributed by atoms with Crippen LogP contribution < -0.4 is 20.6 Å². The highest BCUT2D eigenvalue weighted by Gasteiger charge is 2.32. The molecule has 2 aromatic carbocycles. The number of pyridine rings is 1. The molecule has 1 saturated carbocycles. The van der Waals surface area contributed by atoms with Gasteiger partial charge in [0.05, 0.1) is 29.9 Å². The minimum Gasteiger partial charge on any atom is -0.492 e. The van der Waals surface area contributed by atoms with E-state index in [1.807, 2.05) is 6.07 Å². The SMILES string of the molecule is COc1c2n(-c3ccc(OC(F)(F)F)cc3)c3cc(F)ccc3nc-2c(N)c(-c2cccnc2)c1=NC1CC1. The van der Waals surface area contributed by atoms with Crippen molar-refractivity contribution in [3.05, 3.63) is 78.2 Å². The molecule has 1 fully saturated rings. The van der Waals surface area contributed by atoms with Crippen molar-refractivity contribution in [1.82, 2.24) is 14.5 Å². The minimum absolute atomic E-state index is 0.0873. The molecule has 0 saturated heterocycles. The van der Waals surface area contributed by atoms with Crippen LogP contribution >= 0.6 is 0 Å². The number of nitrogens with two attached hydrogens (primary N) is 1. The molecule has 198 valence electrons. The molecular formula is C28H21F4N5O2. The van der Waals surface area contributed by atoms with Crippen molar-refractivity contribution in [2.24, 2.45) is 4.99 Å². The Morgan fingerprint density at radius 2 is 1.85 bits per heavy atom. The van der Waals surface area contributed by atoms with Gasteiger partial charge in [-0.2, -0.15) is 0 Å². The van der Waals surface area contributed by atoms with Gasteiger partial charge in [-0.25, -0.2) is 9.37 Å². The van der Waals surface area contributed by atoms with Gasteiger partial charge in [0.15, 0.2) is 5.75 Å². The van der Waals surface area contributed by atoms with Gasteiger partial charge in [-0.05, 0) is 55.3 Å². The van der Waals surface area contributed by atoms with Crippen molar-refractivity contribution in [1.29, 1.82) is 0 Å². The second kappa shape index (κ2) is 9.26. The van der Waals surface area contributed by atoms with Gasteiger partial charge in [0.2, 0.25) is 0 Å². The molecule has 2 N–H and O–H groups in total. The third-order valence-corrected chi connectivity index (χ3v) is 6.39. The molecule has 3 aliphatic rings. The number of fused-ring (bicyclic) bond motifs is 2. The number of halogens is 4. The first-order valence-corrected chi connectivity index (χ1v) is 12.1. The zero-order valence-corrected chi connectivity index (χ0v) is 20.5. The second-order valence-electron chi connectivity index (χ2n) is 9.09. The first-order chi connectivity index (χ1) is 18.7. The summed E-state index contributed by atoms with van der Waals surface area (Å²) in [5.41, 5.74) is 10.4. The van der Waals surface area contributed by atoms with E-state index in [2.05, 4.69) is 9.72 Å². The van der Waals surface area contributed by atoms with Crippen molar-refractivity contribution in [2.45, 2.75) is 25.2 Å². The number of hydrogen-bond acceptors (Lipinski definition) is 6. The zero-order valence-electron chi connectivity index (χ0n) is 20.5. The van der Waals surface area contributed by atoms with Crippen LogP contribution in [0.25, 0.3) is 39.2 Å². The molecule has 1 aromatic heterocycles. The van der Waals surface area contributed by atoms with Gasteiger partial charge in [-0.3, -0.25) is 9.98 Å². The van der Waals surface area contributed by atoms with Crippen molar-refractivity contribution in [3.8, 4) is 39.7 Å². The summed E-state index contributed by atoms with van der Waals surface area (Å²) in [6, 6.07) is 13.1. The average molecular weight is 536 g/mol. The average Bonchev–Trinajstić information content (AvgIpc) is 3.73. The molecular weight excluding hydrogens is 514 g/mol. The van der Waals surface area contributed by atoms with Crippen LogP contribution in [0, 0.1) is 5.82 Å². The summed E-state index contributed by atoms with van der Waals surface area (Å²) in [5.74, 6) is -0.564.